The average molecular weight is 316 g/mol. The number of benzene rings is 1. The van der Waals surface area contributed by atoms with Gasteiger partial charge in [0.05, 0.1) is 9.82 Å². The van der Waals surface area contributed by atoms with Gasteiger partial charge in [0.2, 0.25) is 15.8 Å². The van der Waals surface area contributed by atoms with Crippen LogP contribution >= 0.6 is 0 Å². The van der Waals surface area contributed by atoms with E-state index in [-0.39, 0.29) is 23.9 Å². The number of nitro groups is 1. The number of hydrogen-bond donors (Lipinski definition) is 0. The van der Waals surface area contributed by atoms with Gasteiger partial charge < -0.3 is 4.79 Å². The van der Waals surface area contributed by atoms with Gasteiger partial charge in [-0.15, -0.1) is 0 Å². The van der Waals surface area contributed by atoms with Crippen LogP contribution < -0.4 is 0 Å². The van der Waals surface area contributed by atoms with E-state index >= 15 is 0 Å². The van der Waals surface area contributed by atoms with E-state index in [4.69, 9.17) is 0 Å². The predicted molar refractivity (Wildman–Crippen MR) is 70.6 cm³/mol. The Balaban J connectivity index is 2.26. The molecule has 1 aromatic carbocycles. The van der Waals surface area contributed by atoms with Crippen LogP contribution in [-0.2, 0) is 14.8 Å². The Morgan fingerprint density at radius 1 is 1.33 bits per heavy atom. The highest BCUT2D eigenvalue weighted by Gasteiger charge is 2.30. The van der Waals surface area contributed by atoms with E-state index in [1.54, 1.807) is 0 Å². The molecule has 0 radical (unpaired) electrons. The van der Waals surface area contributed by atoms with E-state index in [1.165, 1.54) is 0 Å². The fourth-order valence-corrected chi connectivity index (χ4v) is 3.68. The summed E-state index contributed by atoms with van der Waals surface area (Å²) in [5.74, 6) is -1.35. The summed E-state index contributed by atoms with van der Waals surface area (Å²) in [4.78, 5) is 19.9. The zero-order valence-electron chi connectivity index (χ0n) is 10.9. The lowest BCUT2D eigenvalue weighted by Crippen LogP contribution is -2.38. The molecule has 0 saturated carbocycles. The number of carbonyl (C=O) groups excluding carboxylic acids is 1. The molecule has 0 atom stereocenters. The smallest absolute Gasteiger partial charge is 0.303 e. The maximum absolute atomic E-state index is 13.5. The molecular formula is C12H13FN2O5S. The van der Waals surface area contributed by atoms with E-state index in [0.29, 0.717) is 18.9 Å². The van der Waals surface area contributed by atoms with Crippen molar-refractivity contribution in [3.05, 3.63) is 34.1 Å². The zero-order chi connectivity index (χ0) is 15.6. The Labute approximate surface area is 120 Å². The second-order valence-corrected chi connectivity index (χ2v) is 6.69. The first-order valence-corrected chi connectivity index (χ1v) is 7.69. The number of halogens is 1. The van der Waals surface area contributed by atoms with Gasteiger partial charge in [-0.3, -0.25) is 10.1 Å². The molecule has 1 heterocycles. The van der Waals surface area contributed by atoms with E-state index in [2.05, 4.69) is 0 Å². The first kappa shape index (κ1) is 15.5. The zero-order valence-corrected chi connectivity index (χ0v) is 11.8. The molecule has 0 unspecified atom stereocenters. The molecule has 0 N–H and O–H groups in total. The third-order valence-corrected chi connectivity index (χ3v) is 5.34. The van der Waals surface area contributed by atoms with Crippen molar-refractivity contribution in [1.29, 1.82) is 0 Å². The van der Waals surface area contributed by atoms with Crippen LogP contribution in [0.2, 0.25) is 0 Å². The van der Waals surface area contributed by atoms with Crippen LogP contribution in [0.25, 0.3) is 0 Å². The fourth-order valence-electron chi connectivity index (χ4n) is 2.20. The van der Waals surface area contributed by atoms with Gasteiger partial charge in [0.25, 0.3) is 0 Å². The number of hydrogen-bond acceptors (Lipinski definition) is 5. The second kappa shape index (κ2) is 5.86. The second-order valence-electron chi connectivity index (χ2n) is 4.75. The molecule has 0 aromatic heterocycles. The molecule has 7 nitrogen and oxygen atoms in total. The van der Waals surface area contributed by atoms with Gasteiger partial charge in [-0.1, -0.05) is 0 Å². The van der Waals surface area contributed by atoms with Crippen LogP contribution in [0.5, 0.6) is 0 Å². The van der Waals surface area contributed by atoms with Crippen molar-refractivity contribution in [1.82, 2.24) is 4.31 Å². The first-order chi connectivity index (χ1) is 9.86. The first-order valence-electron chi connectivity index (χ1n) is 6.25. The van der Waals surface area contributed by atoms with Crippen molar-refractivity contribution in [2.75, 3.05) is 13.1 Å². The number of nitro benzene ring substituents is 1. The Bertz CT molecular complexity index is 668. The topological polar surface area (TPSA) is 97.6 Å². The molecule has 21 heavy (non-hydrogen) atoms. The van der Waals surface area contributed by atoms with Gasteiger partial charge in [0.1, 0.15) is 6.29 Å². The number of piperidine rings is 1. The van der Waals surface area contributed by atoms with Gasteiger partial charge >= 0.3 is 5.69 Å². The molecule has 0 spiro atoms. The lowest BCUT2D eigenvalue weighted by molar-refractivity contribution is -0.387. The molecule has 1 fully saturated rings. The minimum atomic E-state index is -3.90. The number of carbonyl (C=O) groups is 1. The molecule has 2 rings (SSSR count). The van der Waals surface area contributed by atoms with Crippen molar-refractivity contribution in [2.45, 2.75) is 17.7 Å². The van der Waals surface area contributed by atoms with Gasteiger partial charge in [0, 0.05) is 31.1 Å². The summed E-state index contributed by atoms with van der Waals surface area (Å²) >= 11 is 0. The third kappa shape index (κ3) is 3.08. The molecule has 1 aliphatic heterocycles. The molecular weight excluding hydrogens is 303 g/mol. The summed E-state index contributed by atoms with van der Waals surface area (Å²) in [6.45, 7) is 0.342. The van der Waals surface area contributed by atoms with Crippen molar-refractivity contribution in [2.24, 2.45) is 5.92 Å². The number of aldehydes is 1. The van der Waals surface area contributed by atoms with Crippen molar-refractivity contribution in [3.8, 4) is 0 Å². The van der Waals surface area contributed by atoms with Crippen molar-refractivity contribution in [3.63, 3.8) is 0 Å². The molecule has 0 bridgehead atoms. The van der Waals surface area contributed by atoms with Gasteiger partial charge in [-0.25, -0.2) is 8.42 Å². The highest BCUT2D eigenvalue weighted by molar-refractivity contribution is 7.89. The van der Waals surface area contributed by atoms with Crippen molar-refractivity contribution < 1.29 is 22.5 Å². The van der Waals surface area contributed by atoms with E-state index in [1.807, 2.05) is 0 Å². The number of nitrogens with zero attached hydrogens (tertiary/aromatic N) is 2. The summed E-state index contributed by atoms with van der Waals surface area (Å²) in [6, 6.07) is 2.50. The van der Waals surface area contributed by atoms with Gasteiger partial charge in [-0.2, -0.15) is 8.70 Å². The number of sulfonamides is 1. The highest BCUT2D eigenvalue weighted by atomic mass is 32.2. The van der Waals surface area contributed by atoms with Crippen LogP contribution in [0.15, 0.2) is 23.1 Å². The van der Waals surface area contributed by atoms with Crippen LogP contribution in [0, 0.1) is 21.8 Å². The lowest BCUT2D eigenvalue weighted by atomic mass is 10.0. The maximum atomic E-state index is 13.5. The standard InChI is InChI=1S/C12H13FN2O5S/c13-11-7-10(1-2-12(11)15(17)18)21(19,20)14-5-3-9(8-16)4-6-14/h1-2,7-9H,3-6H2. The minimum absolute atomic E-state index is 0.162. The summed E-state index contributed by atoms with van der Waals surface area (Å²) < 4.78 is 39.3. The molecule has 0 aliphatic carbocycles. The Morgan fingerprint density at radius 3 is 2.43 bits per heavy atom. The quantitative estimate of drug-likeness (QED) is 0.474. The molecule has 0 amide bonds. The van der Waals surface area contributed by atoms with Crippen LogP contribution in [0.4, 0.5) is 10.1 Å². The minimum Gasteiger partial charge on any atom is -0.303 e. The fraction of sp³-hybridized carbons (Fsp3) is 0.417. The van der Waals surface area contributed by atoms with Crippen LogP contribution in [-0.4, -0.2) is 37.0 Å². The monoisotopic (exact) mass is 316 g/mol. The van der Waals surface area contributed by atoms with E-state index in [0.717, 1.165) is 22.7 Å². The lowest BCUT2D eigenvalue weighted by Gasteiger charge is -2.28. The van der Waals surface area contributed by atoms with Crippen molar-refractivity contribution >= 4 is 22.0 Å². The third-order valence-electron chi connectivity index (χ3n) is 3.44. The van der Waals surface area contributed by atoms with Crippen LogP contribution in [0.3, 0.4) is 0 Å². The summed E-state index contributed by atoms with van der Waals surface area (Å²) in [7, 11) is -3.90. The summed E-state index contributed by atoms with van der Waals surface area (Å²) in [6.07, 6.45) is 1.63. The van der Waals surface area contributed by atoms with E-state index in [9.17, 15) is 27.7 Å². The largest absolute Gasteiger partial charge is 0.304 e. The molecule has 1 saturated heterocycles. The molecule has 1 aliphatic rings. The van der Waals surface area contributed by atoms with E-state index < -0.39 is 26.5 Å². The Hall–Kier alpha value is -1.87. The van der Waals surface area contributed by atoms with Gasteiger partial charge in [0.15, 0.2) is 0 Å². The highest BCUT2D eigenvalue weighted by Crippen LogP contribution is 2.26. The molecule has 1 aromatic rings. The summed E-state index contributed by atoms with van der Waals surface area (Å²) in [5, 5.41) is 10.5. The Morgan fingerprint density at radius 2 is 1.95 bits per heavy atom. The average Bonchev–Trinajstić information content (AvgIpc) is 2.46. The SMILES string of the molecule is O=CC1CCN(S(=O)(=O)c2ccc([N+](=O)[O-])c(F)c2)CC1. The molecule has 114 valence electrons. The number of rotatable bonds is 4. The summed E-state index contributed by atoms with van der Waals surface area (Å²) in [5.41, 5.74) is -0.770. The maximum Gasteiger partial charge on any atom is 0.304 e. The molecule has 9 heteroatoms. The normalized spacial score (nSPS) is 17.6. The predicted octanol–water partition coefficient (Wildman–Crippen LogP) is 1.33. The van der Waals surface area contributed by atoms with Gasteiger partial charge in [-0.05, 0) is 18.9 Å². The Kier molecular flexibility index (Phi) is 4.33. The van der Waals surface area contributed by atoms with Crippen LogP contribution in [0.1, 0.15) is 12.8 Å².